The second-order valence-electron chi connectivity index (χ2n) is 4.96. The molecule has 2 N–H and O–H groups in total. The SMILES string of the molecule is CCN(CC)CCCN(CC)c1cc(N)nc(COC)n1. The average molecular weight is 295 g/mol. The molecular formula is C15H29N5O. The van der Waals surface area contributed by atoms with Crippen molar-refractivity contribution >= 4 is 11.6 Å². The highest BCUT2D eigenvalue weighted by molar-refractivity contribution is 5.46. The van der Waals surface area contributed by atoms with E-state index < -0.39 is 0 Å². The molecule has 1 heterocycles. The van der Waals surface area contributed by atoms with E-state index in [1.165, 1.54) is 0 Å². The summed E-state index contributed by atoms with van der Waals surface area (Å²) in [5, 5.41) is 0. The molecule has 0 saturated heterocycles. The fraction of sp³-hybridized carbons (Fsp3) is 0.733. The van der Waals surface area contributed by atoms with Gasteiger partial charge in [-0.25, -0.2) is 9.97 Å². The molecule has 1 aromatic heterocycles. The monoisotopic (exact) mass is 295 g/mol. The first-order valence-electron chi connectivity index (χ1n) is 7.74. The number of rotatable bonds is 10. The fourth-order valence-corrected chi connectivity index (χ4v) is 2.32. The predicted octanol–water partition coefficient (Wildman–Crippen LogP) is 1.76. The van der Waals surface area contributed by atoms with Gasteiger partial charge in [-0.3, -0.25) is 0 Å². The number of anilines is 2. The molecule has 0 aliphatic carbocycles. The lowest BCUT2D eigenvalue weighted by Gasteiger charge is -2.24. The summed E-state index contributed by atoms with van der Waals surface area (Å²) in [5.74, 6) is 2.01. The second kappa shape index (κ2) is 9.52. The van der Waals surface area contributed by atoms with Gasteiger partial charge in [0, 0.05) is 26.3 Å². The molecule has 6 nitrogen and oxygen atoms in total. The molecule has 0 unspecified atom stereocenters. The van der Waals surface area contributed by atoms with Crippen LogP contribution in [-0.2, 0) is 11.3 Å². The molecule has 6 heteroatoms. The summed E-state index contributed by atoms with van der Waals surface area (Å²) >= 11 is 0. The topological polar surface area (TPSA) is 67.5 Å². The zero-order valence-electron chi connectivity index (χ0n) is 13.8. The van der Waals surface area contributed by atoms with Crippen molar-refractivity contribution in [3.63, 3.8) is 0 Å². The number of nitrogens with two attached hydrogens (primary N) is 1. The van der Waals surface area contributed by atoms with Gasteiger partial charge in [0.15, 0.2) is 5.82 Å². The summed E-state index contributed by atoms with van der Waals surface area (Å²) in [4.78, 5) is 13.4. The largest absolute Gasteiger partial charge is 0.384 e. The van der Waals surface area contributed by atoms with Crippen LogP contribution in [0.2, 0.25) is 0 Å². The number of aromatic nitrogens is 2. The van der Waals surface area contributed by atoms with Crippen LogP contribution in [0.25, 0.3) is 0 Å². The highest BCUT2D eigenvalue weighted by atomic mass is 16.5. The van der Waals surface area contributed by atoms with E-state index in [-0.39, 0.29) is 0 Å². The Labute approximate surface area is 128 Å². The maximum atomic E-state index is 5.86. The van der Waals surface area contributed by atoms with E-state index in [2.05, 4.69) is 40.5 Å². The molecule has 0 aliphatic rings. The van der Waals surface area contributed by atoms with Crippen LogP contribution in [0, 0.1) is 0 Å². The van der Waals surface area contributed by atoms with Gasteiger partial charge in [-0.1, -0.05) is 13.8 Å². The first-order valence-corrected chi connectivity index (χ1v) is 7.74. The van der Waals surface area contributed by atoms with Gasteiger partial charge < -0.3 is 20.3 Å². The Hall–Kier alpha value is -1.40. The zero-order chi connectivity index (χ0) is 15.7. The van der Waals surface area contributed by atoms with Crippen molar-refractivity contribution in [2.24, 2.45) is 0 Å². The number of methoxy groups -OCH3 is 1. The molecule has 0 aromatic carbocycles. The summed E-state index contributed by atoms with van der Waals surface area (Å²) in [6.45, 7) is 12.1. The maximum Gasteiger partial charge on any atom is 0.158 e. The van der Waals surface area contributed by atoms with Gasteiger partial charge in [0.2, 0.25) is 0 Å². The van der Waals surface area contributed by atoms with Gasteiger partial charge in [-0.2, -0.15) is 0 Å². The van der Waals surface area contributed by atoms with Crippen molar-refractivity contribution in [1.82, 2.24) is 14.9 Å². The minimum Gasteiger partial charge on any atom is -0.384 e. The second-order valence-corrected chi connectivity index (χ2v) is 4.96. The van der Waals surface area contributed by atoms with Crippen LogP contribution in [0.3, 0.4) is 0 Å². The predicted molar refractivity (Wildman–Crippen MR) is 87.4 cm³/mol. The highest BCUT2D eigenvalue weighted by Crippen LogP contribution is 2.15. The van der Waals surface area contributed by atoms with Gasteiger partial charge in [0.1, 0.15) is 18.2 Å². The van der Waals surface area contributed by atoms with Gasteiger partial charge >= 0.3 is 0 Å². The molecule has 0 saturated carbocycles. The Balaban J connectivity index is 2.66. The Kier molecular flexibility index (Phi) is 8.00. The Morgan fingerprint density at radius 3 is 2.38 bits per heavy atom. The minimum atomic E-state index is 0.384. The molecule has 120 valence electrons. The van der Waals surface area contributed by atoms with E-state index >= 15 is 0 Å². The normalized spacial score (nSPS) is 11.1. The summed E-state index contributed by atoms with van der Waals surface area (Å²) < 4.78 is 5.09. The maximum absolute atomic E-state index is 5.86. The van der Waals surface area contributed by atoms with Crippen molar-refractivity contribution in [3.05, 3.63) is 11.9 Å². The van der Waals surface area contributed by atoms with E-state index in [4.69, 9.17) is 10.5 Å². The molecule has 0 bridgehead atoms. The van der Waals surface area contributed by atoms with Crippen molar-refractivity contribution in [2.75, 3.05) is 50.5 Å². The third-order valence-corrected chi connectivity index (χ3v) is 3.55. The van der Waals surface area contributed by atoms with E-state index in [0.717, 1.165) is 45.0 Å². The fourth-order valence-electron chi connectivity index (χ4n) is 2.32. The summed E-state index contributed by atoms with van der Waals surface area (Å²) in [5.41, 5.74) is 5.86. The highest BCUT2D eigenvalue weighted by Gasteiger charge is 2.10. The quantitative estimate of drug-likeness (QED) is 0.709. The standard InChI is InChI=1S/C15H29N5O/c1-5-19(6-2)9-8-10-20(7-3)15-11-13(16)17-14(18-15)12-21-4/h11H,5-10,12H2,1-4H3,(H2,16,17,18). The first-order chi connectivity index (χ1) is 10.1. The Bertz CT molecular complexity index is 409. The molecule has 0 spiro atoms. The number of ether oxygens (including phenoxy) is 1. The Morgan fingerprint density at radius 1 is 1.10 bits per heavy atom. The summed E-state index contributed by atoms with van der Waals surface area (Å²) in [6.07, 6.45) is 1.11. The van der Waals surface area contributed by atoms with Gasteiger partial charge in [-0.05, 0) is 33.0 Å². The zero-order valence-corrected chi connectivity index (χ0v) is 13.8. The van der Waals surface area contributed by atoms with Crippen molar-refractivity contribution in [3.8, 4) is 0 Å². The molecule has 0 aliphatic heterocycles. The molecule has 0 atom stereocenters. The summed E-state index contributed by atoms with van der Waals surface area (Å²) in [7, 11) is 1.63. The van der Waals surface area contributed by atoms with E-state index in [9.17, 15) is 0 Å². The molecule has 0 fully saturated rings. The van der Waals surface area contributed by atoms with Crippen LogP contribution < -0.4 is 10.6 Å². The van der Waals surface area contributed by atoms with Gasteiger partial charge in [-0.15, -0.1) is 0 Å². The lowest BCUT2D eigenvalue weighted by Crippen LogP contribution is -2.30. The minimum absolute atomic E-state index is 0.384. The van der Waals surface area contributed by atoms with Crippen LogP contribution >= 0.6 is 0 Å². The molecule has 1 aromatic rings. The third-order valence-electron chi connectivity index (χ3n) is 3.55. The molecule has 0 radical (unpaired) electrons. The Morgan fingerprint density at radius 2 is 1.81 bits per heavy atom. The van der Waals surface area contributed by atoms with Crippen molar-refractivity contribution < 1.29 is 4.74 Å². The van der Waals surface area contributed by atoms with E-state index in [1.807, 2.05) is 6.07 Å². The van der Waals surface area contributed by atoms with Crippen molar-refractivity contribution in [1.29, 1.82) is 0 Å². The molecule has 1 rings (SSSR count). The van der Waals surface area contributed by atoms with E-state index in [0.29, 0.717) is 18.2 Å². The van der Waals surface area contributed by atoms with E-state index in [1.54, 1.807) is 7.11 Å². The molecular weight excluding hydrogens is 266 g/mol. The van der Waals surface area contributed by atoms with Crippen LogP contribution in [0.15, 0.2) is 6.07 Å². The lowest BCUT2D eigenvalue weighted by molar-refractivity contribution is 0.178. The average Bonchev–Trinajstić information content (AvgIpc) is 2.47. The molecule has 21 heavy (non-hydrogen) atoms. The molecule has 0 amide bonds. The number of hydrogen-bond donors (Lipinski definition) is 1. The van der Waals surface area contributed by atoms with Crippen LogP contribution in [0.5, 0.6) is 0 Å². The summed E-state index contributed by atoms with van der Waals surface area (Å²) in [6, 6.07) is 1.83. The van der Waals surface area contributed by atoms with Gasteiger partial charge in [0.25, 0.3) is 0 Å². The number of hydrogen-bond acceptors (Lipinski definition) is 6. The smallest absolute Gasteiger partial charge is 0.158 e. The number of nitrogen functional groups attached to an aromatic ring is 1. The van der Waals surface area contributed by atoms with Crippen LogP contribution in [0.4, 0.5) is 11.6 Å². The van der Waals surface area contributed by atoms with Gasteiger partial charge in [0.05, 0.1) is 0 Å². The third kappa shape index (κ3) is 5.85. The first kappa shape index (κ1) is 17.7. The van der Waals surface area contributed by atoms with Crippen molar-refractivity contribution in [2.45, 2.75) is 33.8 Å². The lowest BCUT2D eigenvalue weighted by atomic mass is 10.3. The number of nitrogens with zero attached hydrogens (tertiary/aromatic N) is 4. The van der Waals surface area contributed by atoms with Crippen LogP contribution in [-0.4, -0.2) is 54.7 Å². The van der Waals surface area contributed by atoms with Crippen LogP contribution in [0.1, 0.15) is 33.0 Å².